The van der Waals surface area contributed by atoms with Gasteiger partial charge >= 0.3 is 12.2 Å². The topological polar surface area (TPSA) is 97.3 Å². The van der Waals surface area contributed by atoms with Gasteiger partial charge in [0.15, 0.2) is 0 Å². The van der Waals surface area contributed by atoms with Gasteiger partial charge in [-0.3, -0.25) is 0 Å². The van der Waals surface area contributed by atoms with Gasteiger partial charge in [0.1, 0.15) is 16.5 Å². The van der Waals surface area contributed by atoms with Crippen LogP contribution in [-0.4, -0.2) is 72.7 Å². The van der Waals surface area contributed by atoms with Gasteiger partial charge in [0.25, 0.3) is 0 Å². The Morgan fingerprint density at radius 3 is 2.32 bits per heavy atom. The summed E-state index contributed by atoms with van der Waals surface area (Å²) in [5, 5.41) is 3.42. The summed E-state index contributed by atoms with van der Waals surface area (Å²) in [6.45, 7) is 5.02. The number of aromatic nitrogens is 2. The largest absolute Gasteiger partial charge is 0.452 e. The molecule has 11 heteroatoms. The fourth-order valence-electron chi connectivity index (χ4n) is 3.48. The predicted octanol–water partition coefficient (Wildman–Crippen LogP) is 1.90. The minimum atomic E-state index is -0.628. The summed E-state index contributed by atoms with van der Waals surface area (Å²) in [6, 6.07) is 0. The molecule has 150 valence electrons. The number of rotatable bonds is 1. The fraction of sp³-hybridized carbons (Fsp3) is 0.529. The molecule has 2 aromatic heterocycles. The zero-order valence-electron chi connectivity index (χ0n) is 15.9. The first-order valence-corrected chi connectivity index (χ1v) is 9.67. The van der Waals surface area contributed by atoms with Crippen molar-refractivity contribution in [3.8, 4) is 0 Å². The Kier molecular flexibility index (Phi) is 4.94. The van der Waals surface area contributed by atoms with E-state index in [0.717, 1.165) is 39.6 Å². The van der Waals surface area contributed by atoms with Crippen LogP contribution in [0, 0.1) is 6.92 Å². The van der Waals surface area contributed by atoms with Crippen LogP contribution in [0.5, 0.6) is 0 Å². The minimum Gasteiger partial charge on any atom is -0.452 e. The lowest BCUT2D eigenvalue weighted by atomic mass is 10.1. The molecule has 28 heavy (non-hydrogen) atoms. The maximum atomic E-state index is 12.3. The Hall–Kier alpha value is -2.66. The van der Waals surface area contributed by atoms with E-state index in [1.54, 1.807) is 0 Å². The van der Waals surface area contributed by atoms with Crippen molar-refractivity contribution in [2.45, 2.75) is 20.0 Å². The minimum absolute atomic E-state index is 0.181. The van der Waals surface area contributed by atoms with Gasteiger partial charge in [-0.15, -0.1) is 11.3 Å². The van der Waals surface area contributed by atoms with Crippen molar-refractivity contribution in [3.63, 3.8) is 0 Å². The number of aryl methyl sites for hydroxylation is 1. The van der Waals surface area contributed by atoms with E-state index >= 15 is 0 Å². The van der Waals surface area contributed by atoms with Gasteiger partial charge in [-0.1, -0.05) is 0 Å². The van der Waals surface area contributed by atoms with Crippen LogP contribution in [0.4, 0.5) is 15.4 Å². The molecule has 0 atom stereocenters. The Morgan fingerprint density at radius 2 is 1.68 bits per heavy atom. The van der Waals surface area contributed by atoms with Gasteiger partial charge in [-0.05, 0) is 6.92 Å². The van der Waals surface area contributed by atoms with Crippen LogP contribution < -0.4 is 4.90 Å². The van der Waals surface area contributed by atoms with Crippen molar-refractivity contribution in [1.82, 2.24) is 20.0 Å². The number of carbonyl (C=O) groups is 2. The number of anilines is 1. The van der Waals surface area contributed by atoms with Crippen LogP contribution in [0.2, 0.25) is 0 Å². The number of methoxy groups -OCH3 is 2. The highest BCUT2D eigenvalue weighted by Crippen LogP contribution is 2.40. The van der Waals surface area contributed by atoms with Gasteiger partial charge in [-0.2, -0.15) is 0 Å². The first kappa shape index (κ1) is 18.7. The summed E-state index contributed by atoms with van der Waals surface area (Å²) in [5.74, 6) is 1.53. The second-order valence-electron chi connectivity index (χ2n) is 6.43. The van der Waals surface area contributed by atoms with E-state index in [0.29, 0.717) is 19.0 Å². The van der Waals surface area contributed by atoms with E-state index < -0.39 is 12.2 Å². The quantitative estimate of drug-likeness (QED) is 0.707. The average Bonchev–Trinajstić information content (AvgIpc) is 3.08. The number of thiophene rings is 1. The highest BCUT2D eigenvalue weighted by Gasteiger charge is 2.36. The van der Waals surface area contributed by atoms with Crippen molar-refractivity contribution in [2.24, 2.45) is 0 Å². The van der Waals surface area contributed by atoms with Crippen LogP contribution in [0.15, 0.2) is 0 Å². The van der Waals surface area contributed by atoms with E-state index in [-0.39, 0.29) is 13.1 Å². The lowest BCUT2D eigenvalue weighted by molar-refractivity contribution is -0.0276. The van der Waals surface area contributed by atoms with Crippen molar-refractivity contribution in [3.05, 3.63) is 16.3 Å². The maximum Gasteiger partial charge on any atom is 0.429 e. The number of ether oxygens (including phenoxy) is 3. The first-order chi connectivity index (χ1) is 13.5. The molecule has 0 unspecified atom stereocenters. The molecule has 10 nitrogen and oxygen atoms in total. The number of hydrogen-bond acceptors (Lipinski definition) is 9. The summed E-state index contributed by atoms with van der Waals surface area (Å²) in [4.78, 5) is 37.8. The van der Waals surface area contributed by atoms with E-state index in [2.05, 4.69) is 9.88 Å². The van der Waals surface area contributed by atoms with Crippen LogP contribution in [0.25, 0.3) is 10.2 Å². The third-order valence-electron chi connectivity index (χ3n) is 4.80. The molecule has 1 fully saturated rings. The average molecular weight is 407 g/mol. The summed E-state index contributed by atoms with van der Waals surface area (Å²) in [7, 11) is 2.56. The third kappa shape index (κ3) is 3.10. The molecule has 0 aromatic carbocycles. The number of amides is 2. The Morgan fingerprint density at radius 1 is 1.04 bits per heavy atom. The number of nitrogens with zero attached hydrogens (tertiary/aromatic N) is 5. The number of fused-ring (bicyclic) bond motifs is 3. The van der Waals surface area contributed by atoms with E-state index in [1.807, 2.05) is 6.92 Å². The number of morpholine rings is 1. The van der Waals surface area contributed by atoms with Crippen LogP contribution in [0.3, 0.4) is 0 Å². The molecule has 4 rings (SSSR count). The molecule has 4 heterocycles. The van der Waals surface area contributed by atoms with Gasteiger partial charge in [0, 0.05) is 23.5 Å². The molecular weight excluding hydrogens is 386 g/mol. The smallest absolute Gasteiger partial charge is 0.429 e. The van der Waals surface area contributed by atoms with Gasteiger partial charge in [0.2, 0.25) is 0 Å². The Bertz CT molecular complexity index is 926. The van der Waals surface area contributed by atoms with Gasteiger partial charge in [0.05, 0.1) is 45.9 Å². The lowest BCUT2D eigenvalue weighted by Gasteiger charge is -2.36. The zero-order valence-corrected chi connectivity index (χ0v) is 16.7. The molecule has 0 aliphatic carbocycles. The standard InChI is InChI=1S/C17H21N5O5S/c1-10-18-14(20-4-6-27-7-5-20)13-11-8-21(16(23)25-2)22(17(24)26-3)9-12(11)28-15(13)19-10/h4-9H2,1-3H3. The molecule has 0 N–H and O–H groups in total. The highest BCUT2D eigenvalue weighted by atomic mass is 32.1. The monoisotopic (exact) mass is 407 g/mol. The second kappa shape index (κ2) is 7.40. The number of carbonyl (C=O) groups excluding carboxylic acids is 2. The SMILES string of the molecule is COC(=O)N1Cc2sc3nc(C)nc(N4CCOCC4)c3c2CN1C(=O)OC. The summed E-state index contributed by atoms with van der Waals surface area (Å²) in [5.41, 5.74) is 0.937. The molecule has 0 spiro atoms. The number of hydrazine groups is 1. The third-order valence-corrected chi connectivity index (χ3v) is 5.91. The fourth-order valence-corrected chi connectivity index (χ4v) is 4.69. The molecule has 0 radical (unpaired) electrons. The van der Waals surface area contributed by atoms with Crippen LogP contribution in [-0.2, 0) is 27.3 Å². The van der Waals surface area contributed by atoms with Crippen molar-refractivity contribution >= 4 is 39.6 Å². The molecule has 2 aromatic rings. The van der Waals surface area contributed by atoms with Crippen molar-refractivity contribution < 1.29 is 23.8 Å². The molecule has 2 aliphatic heterocycles. The van der Waals surface area contributed by atoms with Crippen molar-refractivity contribution in [2.75, 3.05) is 45.4 Å². The summed E-state index contributed by atoms with van der Waals surface area (Å²) in [6.07, 6.45) is -1.25. The normalized spacial score (nSPS) is 16.9. The molecule has 2 aliphatic rings. The molecule has 1 saturated heterocycles. The van der Waals surface area contributed by atoms with Crippen molar-refractivity contribution in [1.29, 1.82) is 0 Å². The first-order valence-electron chi connectivity index (χ1n) is 8.86. The molecule has 0 bridgehead atoms. The van der Waals surface area contributed by atoms with Gasteiger partial charge < -0.3 is 19.1 Å². The summed E-state index contributed by atoms with van der Waals surface area (Å²) < 4.78 is 15.2. The second-order valence-corrected chi connectivity index (χ2v) is 7.52. The molecular formula is C17H21N5O5S. The Labute approximate surface area is 165 Å². The van der Waals surface area contributed by atoms with Crippen LogP contribution >= 0.6 is 11.3 Å². The van der Waals surface area contributed by atoms with E-state index in [1.165, 1.54) is 35.6 Å². The maximum absolute atomic E-state index is 12.3. The predicted molar refractivity (Wildman–Crippen MR) is 101 cm³/mol. The highest BCUT2D eigenvalue weighted by molar-refractivity contribution is 7.19. The van der Waals surface area contributed by atoms with E-state index in [4.69, 9.17) is 19.2 Å². The molecule has 2 amide bonds. The Balaban J connectivity index is 1.83. The van der Waals surface area contributed by atoms with E-state index in [9.17, 15) is 9.59 Å². The molecule has 0 saturated carbocycles. The van der Waals surface area contributed by atoms with Crippen LogP contribution in [0.1, 0.15) is 16.3 Å². The van der Waals surface area contributed by atoms with Gasteiger partial charge in [-0.25, -0.2) is 29.6 Å². The lowest BCUT2D eigenvalue weighted by Crippen LogP contribution is -2.51. The zero-order chi connectivity index (χ0) is 19.8. The number of hydrogen-bond donors (Lipinski definition) is 0. The summed E-state index contributed by atoms with van der Waals surface area (Å²) >= 11 is 1.51.